The van der Waals surface area contributed by atoms with Crippen molar-refractivity contribution in [1.82, 2.24) is 15.1 Å². The van der Waals surface area contributed by atoms with Gasteiger partial charge in [0.1, 0.15) is 0 Å². The largest absolute Gasteiger partial charge is 0.311 e. The van der Waals surface area contributed by atoms with E-state index in [0.29, 0.717) is 0 Å². The molecular formula is C14H19N3OS. The molecule has 0 saturated heterocycles. The highest BCUT2D eigenvalue weighted by Gasteiger charge is 2.04. The first-order valence-corrected chi connectivity index (χ1v) is 7.91. The van der Waals surface area contributed by atoms with E-state index in [0.717, 1.165) is 18.8 Å². The molecule has 102 valence electrons. The van der Waals surface area contributed by atoms with Gasteiger partial charge in [0.05, 0.1) is 5.69 Å². The Morgan fingerprint density at radius 3 is 2.68 bits per heavy atom. The molecule has 0 saturated carbocycles. The van der Waals surface area contributed by atoms with Crippen molar-refractivity contribution >= 4 is 10.8 Å². The van der Waals surface area contributed by atoms with E-state index in [9.17, 15) is 4.21 Å². The molecule has 1 N–H and O–H groups in total. The van der Waals surface area contributed by atoms with Crippen LogP contribution in [-0.4, -0.2) is 32.0 Å². The van der Waals surface area contributed by atoms with Crippen LogP contribution in [0.15, 0.2) is 42.7 Å². The molecule has 0 amide bonds. The zero-order valence-electron chi connectivity index (χ0n) is 11.2. The van der Waals surface area contributed by atoms with Gasteiger partial charge < -0.3 is 5.32 Å². The van der Waals surface area contributed by atoms with Gasteiger partial charge in [-0.05, 0) is 30.7 Å². The van der Waals surface area contributed by atoms with Crippen molar-refractivity contribution in [3.8, 4) is 5.69 Å². The Kier molecular flexibility index (Phi) is 4.87. The Hall–Kier alpha value is -1.46. The van der Waals surface area contributed by atoms with Gasteiger partial charge >= 0.3 is 0 Å². The molecule has 0 spiro atoms. The number of aromatic nitrogens is 2. The van der Waals surface area contributed by atoms with Crippen LogP contribution in [0.3, 0.4) is 0 Å². The minimum Gasteiger partial charge on any atom is -0.311 e. The van der Waals surface area contributed by atoms with Crippen LogP contribution in [-0.2, 0) is 17.3 Å². The van der Waals surface area contributed by atoms with Crippen molar-refractivity contribution < 1.29 is 4.21 Å². The second-order valence-corrected chi connectivity index (χ2v) is 6.36. The quantitative estimate of drug-likeness (QED) is 0.874. The third-order valence-corrected chi connectivity index (χ3v) is 4.33. The van der Waals surface area contributed by atoms with Gasteiger partial charge in [-0.25, -0.2) is 4.68 Å². The van der Waals surface area contributed by atoms with Gasteiger partial charge in [-0.2, -0.15) is 5.10 Å². The second-order valence-electron chi connectivity index (χ2n) is 4.56. The predicted octanol–water partition coefficient (Wildman–Crippen LogP) is 1.73. The average Bonchev–Trinajstić information content (AvgIpc) is 2.93. The van der Waals surface area contributed by atoms with Crippen molar-refractivity contribution in [3.63, 3.8) is 0 Å². The Morgan fingerprint density at radius 2 is 2.11 bits per heavy atom. The number of rotatable bonds is 6. The number of benzene rings is 1. The van der Waals surface area contributed by atoms with Crippen molar-refractivity contribution in [1.29, 1.82) is 0 Å². The van der Waals surface area contributed by atoms with Crippen LogP contribution in [0.5, 0.6) is 0 Å². The van der Waals surface area contributed by atoms with E-state index < -0.39 is 10.8 Å². The van der Waals surface area contributed by atoms with Crippen LogP contribution in [0, 0.1) is 0 Å². The van der Waals surface area contributed by atoms with Gasteiger partial charge in [0.25, 0.3) is 0 Å². The Morgan fingerprint density at radius 1 is 1.37 bits per heavy atom. The maximum absolute atomic E-state index is 11.2. The SMILES string of the molecule is CC(CNCc1ccc(-n2cccn2)cc1)S(C)=O. The summed E-state index contributed by atoms with van der Waals surface area (Å²) in [7, 11) is -0.766. The smallest absolute Gasteiger partial charge is 0.0645 e. The first kappa shape index (κ1) is 14.0. The maximum Gasteiger partial charge on any atom is 0.0645 e. The summed E-state index contributed by atoms with van der Waals surface area (Å²) in [6.07, 6.45) is 5.43. The third-order valence-electron chi connectivity index (χ3n) is 3.03. The lowest BCUT2D eigenvalue weighted by Gasteiger charge is -2.10. The second kappa shape index (κ2) is 6.63. The summed E-state index contributed by atoms with van der Waals surface area (Å²) in [5.74, 6) is 0. The van der Waals surface area contributed by atoms with Crippen LogP contribution in [0.2, 0.25) is 0 Å². The van der Waals surface area contributed by atoms with Gasteiger partial charge in [0.15, 0.2) is 0 Å². The topological polar surface area (TPSA) is 46.9 Å². The number of hydrogen-bond acceptors (Lipinski definition) is 3. The summed E-state index contributed by atoms with van der Waals surface area (Å²) in [5.41, 5.74) is 2.27. The first-order chi connectivity index (χ1) is 9.16. The summed E-state index contributed by atoms with van der Waals surface area (Å²) < 4.78 is 13.1. The first-order valence-electron chi connectivity index (χ1n) is 6.28. The molecule has 4 nitrogen and oxygen atoms in total. The van der Waals surface area contributed by atoms with Crippen molar-refractivity contribution in [2.45, 2.75) is 18.7 Å². The summed E-state index contributed by atoms with van der Waals surface area (Å²) in [5, 5.41) is 7.69. The van der Waals surface area contributed by atoms with E-state index in [-0.39, 0.29) is 5.25 Å². The molecule has 1 aromatic carbocycles. The molecule has 0 aliphatic carbocycles. The minimum atomic E-state index is -0.766. The van der Waals surface area contributed by atoms with Crippen molar-refractivity contribution in [3.05, 3.63) is 48.3 Å². The van der Waals surface area contributed by atoms with Crippen molar-refractivity contribution in [2.24, 2.45) is 0 Å². The highest BCUT2D eigenvalue weighted by atomic mass is 32.2. The zero-order chi connectivity index (χ0) is 13.7. The van der Waals surface area contributed by atoms with E-state index in [1.54, 1.807) is 12.5 Å². The van der Waals surface area contributed by atoms with Gasteiger partial charge in [-0.3, -0.25) is 4.21 Å². The molecule has 0 radical (unpaired) electrons. The van der Waals surface area contributed by atoms with E-state index in [2.05, 4.69) is 22.5 Å². The molecule has 2 unspecified atom stereocenters. The maximum atomic E-state index is 11.2. The van der Waals surface area contributed by atoms with Crippen LogP contribution in [0.1, 0.15) is 12.5 Å². The monoisotopic (exact) mass is 277 g/mol. The molecule has 0 bridgehead atoms. The van der Waals surface area contributed by atoms with E-state index in [1.807, 2.05) is 36.0 Å². The lowest BCUT2D eigenvalue weighted by molar-refractivity contribution is 0.647. The predicted molar refractivity (Wildman–Crippen MR) is 78.8 cm³/mol. The molecule has 2 rings (SSSR count). The lowest BCUT2D eigenvalue weighted by atomic mass is 10.2. The minimum absolute atomic E-state index is 0.184. The summed E-state index contributed by atoms with van der Waals surface area (Å²) in [6.45, 7) is 3.55. The van der Waals surface area contributed by atoms with Crippen LogP contribution in [0.4, 0.5) is 0 Å². The fourth-order valence-electron chi connectivity index (χ4n) is 1.73. The summed E-state index contributed by atoms with van der Waals surface area (Å²) >= 11 is 0. The van der Waals surface area contributed by atoms with Gasteiger partial charge in [-0.15, -0.1) is 0 Å². The molecule has 1 aromatic heterocycles. The van der Waals surface area contributed by atoms with E-state index in [4.69, 9.17) is 0 Å². The van der Waals surface area contributed by atoms with Gasteiger partial charge in [0, 0.05) is 47.8 Å². The van der Waals surface area contributed by atoms with E-state index in [1.165, 1.54) is 5.56 Å². The summed E-state index contributed by atoms with van der Waals surface area (Å²) in [6, 6.07) is 10.2. The molecule has 0 aliphatic heterocycles. The van der Waals surface area contributed by atoms with Crippen LogP contribution >= 0.6 is 0 Å². The number of nitrogens with zero attached hydrogens (tertiary/aromatic N) is 2. The third kappa shape index (κ3) is 4.01. The highest BCUT2D eigenvalue weighted by molar-refractivity contribution is 7.84. The van der Waals surface area contributed by atoms with Crippen molar-refractivity contribution in [2.75, 3.05) is 12.8 Å². The zero-order valence-corrected chi connectivity index (χ0v) is 12.1. The fourth-order valence-corrected chi connectivity index (χ4v) is 2.08. The Balaban J connectivity index is 1.87. The molecule has 0 aliphatic rings. The molecule has 2 aromatic rings. The average molecular weight is 277 g/mol. The molecule has 0 fully saturated rings. The highest BCUT2D eigenvalue weighted by Crippen LogP contribution is 2.08. The van der Waals surface area contributed by atoms with Gasteiger partial charge in [0.2, 0.25) is 0 Å². The molecule has 5 heteroatoms. The standard InChI is InChI=1S/C14H19N3OS/c1-12(19(2)18)10-15-11-13-4-6-14(7-5-13)17-9-3-8-16-17/h3-9,12,15H,10-11H2,1-2H3. The molecule has 2 atom stereocenters. The fraction of sp³-hybridized carbons (Fsp3) is 0.357. The molecule has 19 heavy (non-hydrogen) atoms. The Labute approximate surface area is 116 Å². The number of hydrogen-bond donors (Lipinski definition) is 1. The molecular weight excluding hydrogens is 258 g/mol. The molecule has 1 heterocycles. The van der Waals surface area contributed by atoms with Crippen LogP contribution in [0.25, 0.3) is 5.69 Å². The Bertz CT molecular complexity index is 522. The summed E-state index contributed by atoms with van der Waals surface area (Å²) in [4.78, 5) is 0. The van der Waals surface area contributed by atoms with Crippen LogP contribution < -0.4 is 5.32 Å². The van der Waals surface area contributed by atoms with Gasteiger partial charge in [-0.1, -0.05) is 12.1 Å². The normalized spacial score (nSPS) is 14.2. The lowest BCUT2D eigenvalue weighted by Crippen LogP contribution is -2.27. The van der Waals surface area contributed by atoms with E-state index >= 15 is 0 Å². The number of nitrogens with one attached hydrogen (secondary N) is 1.